The summed E-state index contributed by atoms with van der Waals surface area (Å²) in [5, 5.41) is 0. The fourth-order valence-electron chi connectivity index (χ4n) is 2.19. The summed E-state index contributed by atoms with van der Waals surface area (Å²) >= 11 is 0. The van der Waals surface area contributed by atoms with Crippen molar-refractivity contribution >= 4 is 17.8 Å². The maximum absolute atomic E-state index is 11.8. The van der Waals surface area contributed by atoms with Crippen LogP contribution >= 0.6 is 0 Å². The highest BCUT2D eigenvalue weighted by molar-refractivity contribution is 5.96. The molecule has 0 unspecified atom stereocenters. The Kier molecular flexibility index (Phi) is 6.28. The number of carbonyl (C=O) groups excluding carboxylic acids is 1. The van der Waals surface area contributed by atoms with Gasteiger partial charge in [-0.25, -0.2) is 9.98 Å². The van der Waals surface area contributed by atoms with Crippen molar-refractivity contribution in [2.45, 2.75) is 34.1 Å². The van der Waals surface area contributed by atoms with Crippen LogP contribution in [0, 0.1) is 13.8 Å². The SMILES string of the molecule is CCC(=O)c1cccc(Oc2nc(C)c(N=CN(C)CC)cc2C)c1. The number of ketones is 1. The second-order valence-electron chi connectivity index (χ2n) is 5.94. The number of aromatic nitrogens is 1. The summed E-state index contributed by atoms with van der Waals surface area (Å²) in [6.45, 7) is 8.65. The molecule has 0 aliphatic rings. The molecule has 0 spiro atoms. The molecule has 0 radical (unpaired) electrons. The molecule has 0 amide bonds. The normalized spacial score (nSPS) is 10.9. The molecule has 0 bridgehead atoms. The molecule has 0 saturated heterocycles. The van der Waals surface area contributed by atoms with Crippen LogP contribution in [0.4, 0.5) is 5.69 Å². The van der Waals surface area contributed by atoms with E-state index in [1.54, 1.807) is 18.5 Å². The highest BCUT2D eigenvalue weighted by atomic mass is 16.5. The summed E-state index contributed by atoms with van der Waals surface area (Å²) < 4.78 is 5.90. The van der Waals surface area contributed by atoms with E-state index < -0.39 is 0 Å². The highest BCUT2D eigenvalue weighted by Gasteiger charge is 2.10. The van der Waals surface area contributed by atoms with E-state index in [0.717, 1.165) is 23.5 Å². The predicted octanol–water partition coefficient (Wildman–Crippen LogP) is 4.69. The summed E-state index contributed by atoms with van der Waals surface area (Å²) in [4.78, 5) is 22.8. The first-order valence-corrected chi connectivity index (χ1v) is 8.48. The van der Waals surface area contributed by atoms with Gasteiger partial charge in [0.2, 0.25) is 5.88 Å². The zero-order valence-electron chi connectivity index (χ0n) is 15.5. The average molecular weight is 339 g/mol. The summed E-state index contributed by atoms with van der Waals surface area (Å²) in [5.74, 6) is 1.23. The van der Waals surface area contributed by atoms with E-state index in [-0.39, 0.29) is 5.78 Å². The molecule has 2 rings (SSSR count). The maximum atomic E-state index is 11.8. The third-order valence-corrected chi connectivity index (χ3v) is 3.91. The van der Waals surface area contributed by atoms with Crippen molar-refractivity contribution in [1.82, 2.24) is 9.88 Å². The van der Waals surface area contributed by atoms with Crippen LogP contribution in [0.2, 0.25) is 0 Å². The third-order valence-electron chi connectivity index (χ3n) is 3.91. The number of aryl methyl sites for hydroxylation is 2. The molecule has 2 aromatic rings. The van der Waals surface area contributed by atoms with E-state index in [1.807, 2.05) is 50.9 Å². The number of nitrogens with zero attached hydrogens (tertiary/aromatic N) is 3. The van der Waals surface area contributed by atoms with Gasteiger partial charge in [-0.2, -0.15) is 0 Å². The van der Waals surface area contributed by atoms with Crippen LogP contribution < -0.4 is 4.74 Å². The van der Waals surface area contributed by atoms with Crippen molar-refractivity contribution in [3.05, 3.63) is 47.2 Å². The average Bonchev–Trinajstić information content (AvgIpc) is 2.62. The molecule has 132 valence electrons. The van der Waals surface area contributed by atoms with Crippen molar-refractivity contribution in [3.63, 3.8) is 0 Å². The standard InChI is InChI=1S/C20H25N3O2/c1-6-19(24)16-9-8-10-17(12-16)25-20-14(3)11-18(15(4)22-20)21-13-23(5)7-2/h8-13H,6-7H2,1-5H3. The van der Waals surface area contributed by atoms with Gasteiger partial charge in [-0.1, -0.05) is 19.1 Å². The van der Waals surface area contributed by atoms with Gasteiger partial charge in [-0.05, 0) is 39.0 Å². The van der Waals surface area contributed by atoms with Gasteiger partial charge < -0.3 is 9.64 Å². The highest BCUT2D eigenvalue weighted by Crippen LogP contribution is 2.28. The van der Waals surface area contributed by atoms with Crippen molar-refractivity contribution in [2.24, 2.45) is 4.99 Å². The Labute approximate surface area is 149 Å². The summed E-state index contributed by atoms with van der Waals surface area (Å²) in [6, 6.07) is 9.15. The number of hydrogen-bond acceptors (Lipinski definition) is 4. The summed E-state index contributed by atoms with van der Waals surface area (Å²) in [7, 11) is 1.97. The van der Waals surface area contributed by atoms with E-state index >= 15 is 0 Å². The fourth-order valence-corrected chi connectivity index (χ4v) is 2.19. The number of carbonyl (C=O) groups is 1. The molecule has 5 nitrogen and oxygen atoms in total. The van der Waals surface area contributed by atoms with Crippen molar-refractivity contribution < 1.29 is 9.53 Å². The molecule has 1 aromatic heterocycles. The van der Waals surface area contributed by atoms with E-state index in [9.17, 15) is 4.79 Å². The molecule has 25 heavy (non-hydrogen) atoms. The zero-order valence-corrected chi connectivity index (χ0v) is 15.5. The number of benzene rings is 1. The molecule has 0 aliphatic carbocycles. The van der Waals surface area contributed by atoms with Crippen LogP contribution in [0.1, 0.15) is 41.9 Å². The molecule has 5 heteroatoms. The van der Waals surface area contributed by atoms with Gasteiger partial charge in [0.25, 0.3) is 0 Å². The van der Waals surface area contributed by atoms with Crippen LogP contribution in [0.5, 0.6) is 11.6 Å². The van der Waals surface area contributed by atoms with Gasteiger partial charge in [0.1, 0.15) is 5.75 Å². The Morgan fingerprint density at radius 2 is 2.04 bits per heavy atom. The Bertz CT molecular complexity index is 785. The Hall–Kier alpha value is -2.69. The predicted molar refractivity (Wildman–Crippen MR) is 101 cm³/mol. The van der Waals surface area contributed by atoms with Crippen LogP contribution in [0.25, 0.3) is 0 Å². The monoisotopic (exact) mass is 339 g/mol. The topological polar surface area (TPSA) is 54.8 Å². The van der Waals surface area contributed by atoms with Gasteiger partial charge >= 0.3 is 0 Å². The minimum atomic E-state index is 0.0936. The van der Waals surface area contributed by atoms with Crippen LogP contribution in [-0.2, 0) is 0 Å². The Morgan fingerprint density at radius 1 is 1.28 bits per heavy atom. The third kappa shape index (κ3) is 4.89. The molecular weight excluding hydrogens is 314 g/mol. The number of pyridine rings is 1. The van der Waals surface area contributed by atoms with Crippen molar-refractivity contribution in [1.29, 1.82) is 0 Å². The minimum Gasteiger partial charge on any atom is -0.439 e. The van der Waals surface area contributed by atoms with Gasteiger partial charge in [-0.15, -0.1) is 0 Å². The molecule has 0 saturated carbocycles. The van der Waals surface area contributed by atoms with E-state index in [4.69, 9.17) is 4.74 Å². The van der Waals surface area contributed by atoms with E-state index in [0.29, 0.717) is 23.6 Å². The number of rotatable bonds is 7. The lowest BCUT2D eigenvalue weighted by atomic mass is 10.1. The summed E-state index contributed by atoms with van der Waals surface area (Å²) in [6.07, 6.45) is 2.27. The molecule has 1 aromatic carbocycles. The number of ether oxygens (including phenoxy) is 1. The van der Waals surface area contributed by atoms with Crippen LogP contribution in [-0.4, -0.2) is 35.6 Å². The first kappa shape index (κ1) is 18.6. The van der Waals surface area contributed by atoms with E-state index in [2.05, 4.69) is 16.9 Å². The molecular formula is C20H25N3O2. The maximum Gasteiger partial charge on any atom is 0.222 e. The molecule has 1 heterocycles. The van der Waals surface area contributed by atoms with Crippen LogP contribution in [0.3, 0.4) is 0 Å². The second-order valence-corrected chi connectivity index (χ2v) is 5.94. The Balaban J connectivity index is 2.25. The first-order chi connectivity index (χ1) is 11.9. The lowest BCUT2D eigenvalue weighted by Crippen LogP contribution is -2.14. The minimum absolute atomic E-state index is 0.0936. The second kappa shape index (κ2) is 8.42. The smallest absolute Gasteiger partial charge is 0.222 e. The quantitative estimate of drug-likeness (QED) is 0.417. The number of Topliss-reactive ketones (excluding diaryl/α,β-unsaturated/α-hetero) is 1. The first-order valence-electron chi connectivity index (χ1n) is 8.48. The molecule has 0 N–H and O–H groups in total. The van der Waals surface area contributed by atoms with Crippen molar-refractivity contribution in [3.8, 4) is 11.6 Å². The lowest BCUT2D eigenvalue weighted by molar-refractivity contribution is 0.0988. The fraction of sp³-hybridized carbons (Fsp3) is 0.350. The van der Waals surface area contributed by atoms with E-state index in [1.165, 1.54) is 0 Å². The lowest BCUT2D eigenvalue weighted by Gasteiger charge is -2.12. The number of aliphatic imine (C=N–C) groups is 1. The van der Waals surface area contributed by atoms with Crippen molar-refractivity contribution in [2.75, 3.05) is 13.6 Å². The largest absolute Gasteiger partial charge is 0.439 e. The Morgan fingerprint density at radius 3 is 2.72 bits per heavy atom. The molecule has 0 atom stereocenters. The van der Waals surface area contributed by atoms with Gasteiger partial charge in [0, 0.05) is 31.1 Å². The number of hydrogen-bond donors (Lipinski definition) is 0. The van der Waals surface area contributed by atoms with Gasteiger partial charge in [-0.3, -0.25) is 4.79 Å². The van der Waals surface area contributed by atoms with Gasteiger partial charge in [0.15, 0.2) is 5.78 Å². The zero-order chi connectivity index (χ0) is 18.4. The van der Waals surface area contributed by atoms with Crippen LogP contribution in [0.15, 0.2) is 35.3 Å². The molecule has 0 aliphatic heterocycles. The summed E-state index contributed by atoms with van der Waals surface area (Å²) in [5.41, 5.74) is 3.16. The molecule has 0 fully saturated rings. The van der Waals surface area contributed by atoms with Gasteiger partial charge in [0.05, 0.1) is 17.7 Å².